The lowest BCUT2D eigenvalue weighted by Crippen LogP contribution is -2.28. The monoisotopic (exact) mass is 248 g/mol. The van der Waals surface area contributed by atoms with Crippen LogP contribution in [0.4, 0.5) is 4.39 Å². The maximum Gasteiger partial charge on any atom is 0.315 e. The second-order valence-corrected chi connectivity index (χ2v) is 4.58. The van der Waals surface area contributed by atoms with E-state index in [-0.39, 0.29) is 5.82 Å². The Kier molecular flexibility index (Phi) is 2.90. The minimum atomic E-state index is -1.09. The number of nitrogens with one attached hydrogen (secondary N) is 1. The van der Waals surface area contributed by atoms with Gasteiger partial charge in [-0.05, 0) is 32.0 Å². The molecule has 1 aromatic heterocycles. The van der Waals surface area contributed by atoms with Gasteiger partial charge in [-0.3, -0.25) is 9.89 Å². The molecule has 0 aliphatic carbocycles. The predicted molar refractivity (Wildman–Crippen MR) is 64.6 cm³/mol. The number of aliphatic carboxylic acids is 1. The molecule has 0 saturated carbocycles. The minimum absolute atomic E-state index is 0.348. The summed E-state index contributed by atoms with van der Waals surface area (Å²) in [6, 6.07) is 7.80. The zero-order chi connectivity index (χ0) is 13.3. The summed E-state index contributed by atoms with van der Waals surface area (Å²) in [5.41, 5.74) is 0.100. The predicted octanol–water partition coefficient (Wildman–Crippen LogP) is 2.58. The van der Waals surface area contributed by atoms with Crippen LogP contribution in [0.2, 0.25) is 0 Å². The van der Waals surface area contributed by atoms with Gasteiger partial charge in [0, 0.05) is 5.56 Å². The van der Waals surface area contributed by atoms with Crippen molar-refractivity contribution < 1.29 is 14.3 Å². The minimum Gasteiger partial charge on any atom is -0.481 e. The molecule has 0 amide bonds. The Balaban J connectivity index is 2.44. The quantitative estimate of drug-likeness (QED) is 0.877. The standard InChI is InChI=1S/C13H13FN2O2/c1-13(2,12(17)18)11-7-10(15-16-11)8-5-3-4-6-9(8)14/h3-7H,1-2H3,(H,15,16)(H,17,18). The van der Waals surface area contributed by atoms with Crippen molar-refractivity contribution in [1.29, 1.82) is 0 Å². The van der Waals surface area contributed by atoms with E-state index in [0.29, 0.717) is 17.0 Å². The molecular formula is C13H13FN2O2. The van der Waals surface area contributed by atoms with E-state index in [1.807, 2.05) is 0 Å². The van der Waals surface area contributed by atoms with E-state index in [0.717, 1.165) is 0 Å². The second kappa shape index (κ2) is 4.25. The number of aromatic amines is 1. The van der Waals surface area contributed by atoms with Crippen molar-refractivity contribution in [2.24, 2.45) is 0 Å². The normalized spacial score (nSPS) is 11.5. The van der Waals surface area contributed by atoms with Gasteiger partial charge in [-0.15, -0.1) is 0 Å². The number of H-pyrrole nitrogens is 1. The highest BCUT2D eigenvalue weighted by molar-refractivity contribution is 5.80. The molecule has 94 valence electrons. The average molecular weight is 248 g/mol. The number of aromatic nitrogens is 2. The van der Waals surface area contributed by atoms with E-state index in [9.17, 15) is 9.18 Å². The topological polar surface area (TPSA) is 66.0 Å². The highest BCUT2D eigenvalue weighted by atomic mass is 19.1. The number of halogens is 1. The highest BCUT2D eigenvalue weighted by Crippen LogP contribution is 2.27. The summed E-state index contributed by atoms with van der Waals surface area (Å²) in [5.74, 6) is -1.35. The van der Waals surface area contributed by atoms with E-state index >= 15 is 0 Å². The Labute approximate surface area is 103 Å². The first-order valence-corrected chi connectivity index (χ1v) is 5.47. The fourth-order valence-corrected chi connectivity index (χ4v) is 1.56. The average Bonchev–Trinajstić information content (AvgIpc) is 2.79. The van der Waals surface area contributed by atoms with Gasteiger partial charge in [0.15, 0.2) is 0 Å². The zero-order valence-corrected chi connectivity index (χ0v) is 10.1. The molecule has 0 aliphatic heterocycles. The third-order valence-electron chi connectivity index (χ3n) is 2.94. The Bertz CT molecular complexity index is 590. The molecule has 2 N–H and O–H groups in total. The lowest BCUT2D eigenvalue weighted by Gasteiger charge is -2.16. The van der Waals surface area contributed by atoms with Gasteiger partial charge in [0.2, 0.25) is 0 Å². The molecule has 18 heavy (non-hydrogen) atoms. The highest BCUT2D eigenvalue weighted by Gasteiger charge is 2.31. The molecule has 0 bridgehead atoms. The molecule has 0 fully saturated rings. The molecule has 1 aromatic carbocycles. The molecule has 0 unspecified atom stereocenters. The second-order valence-electron chi connectivity index (χ2n) is 4.58. The van der Waals surface area contributed by atoms with Crippen molar-refractivity contribution in [2.45, 2.75) is 19.3 Å². The van der Waals surface area contributed by atoms with Crippen molar-refractivity contribution in [3.05, 3.63) is 41.8 Å². The number of carbonyl (C=O) groups is 1. The van der Waals surface area contributed by atoms with Crippen LogP contribution in [0.15, 0.2) is 30.3 Å². The SMILES string of the molecule is CC(C)(C(=O)O)c1cc(-c2ccccc2F)n[nH]1. The van der Waals surface area contributed by atoms with Crippen LogP contribution in [0.5, 0.6) is 0 Å². The van der Waals surface area contributed by atoms with Gasteiger partial charge in [0.05, 0.1) is 11.4 Å². The number of hydrogen-bond acceptors (Lipinski definition) is 2. The van der Waals surface area contributed by atoms with Gasteiger partial charge in [-0.25, -0.2) is 4.39 Å². The zero-order valence-electron chi connectivity index (χ0n) is 10.1. The summed E-state index contributed by atoms with van der Waals surface area (Å²) < 4.78 is 13.6. The molecule has 0 radical (unpaired) electrons. The Morgan fingerprint density at radius 3 is 2.67 bits per heavy atom. The molecule has 0 spiro atoms. The third kappa shape index (κ3) is 1.99. The van der Waals surface area contributed by atoms with E-state index in [4.69, 9.17) is 5.11 Å². The molecule has 1 heterocycles. The molecule has 0 atom stereocenters. The number of hydrogen-bond donors (Lipinski definition) is 2. The van der Waals surface area contributed by atoms with E-state index in [1.165, 1.54) is 6.07 Å². The number of rotatable bonds is 3. The summed E-state index contributed by atoms with van der Waals surface area (Å²) in [6.07, 6.45) is 0. The van der Waals surface area contributed by atoms with Crippen molar-refractivity contribution in [2.75, 3.05) is 0 Å². The van der Waals surface area contributed by atoms with Gasteiger partial charge >= 0.3 is 5.97 Å². The van der Waals surface area contributed by atoms with Crippen molar-refractivity contribution in [3.63, 3.8) is 0 Å². The molecule has 0 aliphatic rings. The van der Waals surface area contributed by atoms with Crippen molar-refractivity contribution in [3.8, 4) is 11.3 Å². The van der Waals surface area contributed by atoms with Gasteiger partial charge in [-0.2, -0.15) is 5.10 Å². The Hall–Kier alpha value is -2.17. The van der Waals surface area contributed by atoms with Crippen LogP contribution in [0.1, 0.15) is 19.5 Å². The fourth-order valence-electron chi connectivity index (χ4n) is 1.56. The van der Waals surface area contributed by atoms with Crippen LogP contribution in [-0.2, 0) is 10.2 Å². The first-order valence-electron chi connectivity index (χ1n) is 5.47. The van der Waals surface area contributed by atoms with E-state index in [2.05, 4.69) is 10.2 Å². The van der Waals surface area contributed by atoms with Gasteiger partial charge < -0.3 is 5.11 Å². The Morgan fingerprint density at radius 2 is 2.06 bits per heavy atom. The van der Waals surface area contributed by atoms with Crippen LogP contribution in [0, 0.1) is 5.82 Å². The lowest BCUT2D eigenvalue weighted by atomic mass is 9.89. The van der Waals surface area contributed by atoms with Gasteiger partial charge in [0.25, 0.3) is 0 Å². The number of carboxylic acid groups (broad SMARTS) is 1. The molecule has 4 nitrogen and oxygen atoms in total. The number of carboxylic acids is 1. The Morgan fingerprint density at radius 1 is 1.39 bits per heavy atom. The number of nitrogens with zero attached hydrogens (tertiary/aromatic N) is 1. The van der Waals surface area contributed by atoms with Crippen LogP contribution >= 0.6 is 0 Å². The first kappa shape index (κ1) is 12.3. The lowest BCUT2D eigenvalue weighted by molar-refractivity contribution is -0.142. The molecule has 0 saturated heterocycles. The van der Waals surface area contributed by atoms with Crippen LogP contribution in [0.25, 0.3) is 11.3 Å². The molecule has 2 rings (SSSR count). The summed E-state index contributed by atoms with van der Waals surface area (Å²) in [7, 11) is 0. The van der Waals surface area contributed by atoms with Crippen molar-refractivity contribution in [1.82, 2.24) is 10.2 Å². The smallest absolute Gasteiger partial charge is 0.315 e. The van der Waals surface area contributed by atoms with Crippen molar-refractivity contribution >= 4 is 5.97 Å². The van der Waals surface area contributed by atoms with E-state index < -0.39 is 11.4 Å². The fraction of sp³-hybridized carbons (Fsp3) is 0.231. The first-order chi connectivity index (χ1) is 8.43. The van der Waals surface area contributed by atoms with Crippen LogP contribution in [0.3, 0.4) is 0 Å². The summed E-state index contributed by atoms with van der Waals surface area (Å²) in [6.45, 7) is 3.13. The maximum absolute atomic E-state index is 13.6. The third-order valence-corrected chi connectivity index (χ3v) is 2.94. The van der Waals surface area contributed by atoms with Gasteiger partial charge in [0.1, 0.15) is 11.2 Å². The van der Waals surface area contributed by atoms with Crippen LogP contribution in [-0.4, -0.2) is 21.3 Å². The molecule has 5 heteroatoms. The molecule has 2 aromatic rings. The summed E-state index contributed by atoms with van der Waals surface area (Å²) in [5, 5.41) is 15.7. The van der Waals surface area contributed by atoms with Crippen LogP contribution < -0.4 is 0 Å². The van der Waals surface area contributed by atoms with E-state index in [1.54, 1.807) is 38.1 Å². The van der Waals surface area contributed by atoms with Gasteiger partial charge in [-0.1, -0.05) is 12.1 Å². The largest absolute Gasteiger partial charge is 0.481 e. The molecular weight excluding hydrogens is 235 g/mol. The maximum atomic E-state index is 13.6. The summed E-state index contributed by atoms with van der Waals surface area (Å²) in [4.78, 5) is 11.1. The number of benzene rings is 1. The summed E-state index contributed by atoms with van der Waals surface area (Å²) >= 11 is 0.